The maximum Gasteiger partial charge on any atom is 1.00 e. The van der Waals surface area contributed by atoms with Crippen LogP contribution in [-0.2, 0) is 94.4 Å². The van der Waals surface area contributed by atoms with E-state index >= 15 is 0 Å². The summed E-state index contributed by atoms with van der Waals surface area (Å²) >= 11 is 0. The van der Waals surface area contributed by atoms with Gasteiger partial charge in [0, 0.05) is 25.7 Å². The van der Waals surface area contributed by atoms with Crippen LogP contribution in [0.2, 0.25) is 0 Å². The van der Waals surface area contributed by atoms with Crippen molar-refractivity contribution >= 4 is 71.4 Å². The molecule has 6 atom stereocenters. The third kappa shape index (κ3) is 31.6. The molecule has 28 nitrogen and oxygen atoms in total. The van der Waals surface area contributed by atoms with Crippen molar-refractivity contribution in [3.63, 3.8) is 0 Å². The van der Waals surface area contributed by atoms with Gasteiger partial charge in [-0.25, -0.2) is 19.2 Å². The molecule has 0 radical (unpaired) electrons. The smallest absolute Gasteiger partial charge is 0.857 e. The van der Waals surface area contributed by atoms with Gasteiger partial charge in [-0.05, 0) is 95.3 Å². The molecule has 0 unspecified atom stereocenters. The molecule has 0 aliphatic carbocycles. The molecule has 12 N–H and O–H groups in total. The fourth-order valence-electron chi connectivity index (χ4n) is 7.78. The van der Waals surface area contributed by atoms with Gasteiger partial charge < -0.3 is 61.4 Å². The van der Waals surface area contributed by atoms with Crippen molar-refractivity contribution in [3.05, 3.63) is 173 Å². The quantitative estimate of drug-likeness (QED) is 0.0124. The number of benzene rings is 5. The molecule has 0 aromatic heterocycles. The van der Waals surface area contributed by atoms with Crippen molar-refractivity contribution in [2.24, 2.45) is 0 Å². The first kappa shape index (κ1) is 79.2. The van der Waals surface area contributed by atoms with Crippen LogP contribution in [0.1, 0.15) is 83.2 Å². The van der Waals surface area contributed by atoms with E-state index in [1.54, 1.807) is 157 Å². The number of aromatic hydroxyl groups is 1. The van der Waals surface area contributed by atoms with E-state index in [4.69, 9.17) is 24.4 Å². The first-order chi connectivity index (χ1) is 43.4. The standard InChI is InChI=1S/C35H41N5O9.C28H35N5O8.CH3O.Na/c1-22(36-30(43)27(19-23-11-7-5-8-12-23)38-34(47)49-35(2,3)4)29(42)39-40-31(44)28(20-24-13-9-6-10-14-24)37-32(45)33(46)48-21-25-15-17-26(41)18-16-25;1-17(29-23(35)20(15-18-11-7-5-8-12-18)31-27(40)41-28(2,3)4)22(34)32-33-24(36)21(30-25(37)26(38)39)16-19-13-9-6-10-14-19;1-2;/h5-18,22,27-28,41H,19-21H2,1-4H3,(H,36,43)(H,37,45)(H,38,47)(H,39,42)(H,40,44);5-14,17,20-21H,15-16H2,1-4H3,(H,29,35)(H,30,37)(H,31,40)(H,32,34)(H,33,36)(H,38,39);1H3;/q;;-1;+1/t22-,27-,28-;17-,20-,21-;;/m00../s1. The first-order valence-corrected chi connectivity index (χ1v) is 28.6. The number of phenolic OH excluding ortho intramolecular Hbond substituents is 1. The Balaban J connectivity index is 0.000000620. The number of carboxylic acid groups (broad SMARTS) is 1. The van der Waals surface area contributed by atoms with Gasteiger partial charge >= 0.3 is 65.5 Å². The average Bonchev–Trinajstić information content (AvgIpc) is 1.29. The van der Waals surface area contributed by atoms with Crippen molar-refractivity contribution in [1.29, 1.82) is 0 Å². The number of aliphatic carboxylic acids is 1. The van der Waals surface area contributed by atoms with Crippen LogP contribution >= 0.6 is 0 Å². The molecule has 0 spiro atoms. The van der Waals surface area contributed by atoms with Gasteiger partial charge in [0.2, 0.25) is 11.8 Å². The number of nitrogens with one attached hydrogen (secondary N) is 10. The van der Waals surface area contributed by atoms with E-state index in [1.807, 2.05) is 6.07 Å². The van der Waals surface area contributed by atoms with Crippen LogP contribution in [0.5, 0.6) is 5.75 Å². The number of hydrazine groups is 2. The largest absolute Gasteiger partial charge is 1.00 e. The van der Waals surface area contributed by atoms with E-state index in [-0.39, 0.29) is 67.6 Å². The Labute approximate surface area is 560 Å². The monoisotopic (exact) mass is 1300 g/mol. The number of hydrogen-bond acceptors (Lipinski definition) is 17. The molecule has 0 saturated carbocycles. The predicted octanol–water partition coefficient (Wildman–Crippen LogP) is -1.48. The topological polar surface area (TPSA) is 416 Å². The van der Waals surface area contributed by atoms with Gasteiger partial charge in [0.15, 0.2) is 0 Å². The summed E-state index contributed by atoms with van der Waals surface area (Å²) < 4.78 is 15.6. The van der Waals surface area contributed by atoms with E-state index in [9.17, 15) is 62.6 Å². The number of phenols is 1. The molecule has 0 fully saturated rings. The van der Waals surface area contributed by atoms with Crippen LogP contribution in [0, 0.1) is 0 Å². The number of carbonyl (C=O) groups excluding carboxylic acids is 11. The maximum absolute atomic E-state index is 13.2. The summed E-state index contributed by atoms with van der Waals surface area (Å²) in [5.41, 5.74) is 10.4. The molecule has 0 aliphatic rings. The number of hydrogen-bond donors (Lipinski definition) is 12. The van der Waals surface area contributed by atoms with Crippen LogP contribution < -0.4 is 88.3 Å². The Hall–Kier alpha value is -9.90. The summed E-state index contributed by atoms with van der Waals surface area (Å²) in [7, 11) is 0.750. The Morgan fingerprint density at radius 2 is 0.688 bits per heavy atom. The third-order valence-corrected chi connectivity index (χ3v) is 12.2. The van der Waals surface area contributed by atoms with Crippen LogP contribution in [0.15, 0.2) is 146 Å². The van der Waals surface area contributed by atoms with E-state index < -0.39 is 119 Å². The number of alkyl carbamates (subject to hydrolysis) is 2. The summed E-state index contributed by atoms with van der Waals surface area (Å²) in [5, 5.41) is 41.1. The molecule has 0 bridgehead atoms. The maximum atomic E-state index is 13.2. The molecular formula is C64H79N10NaO18. The number of carboxylic acids is 1. The molecule has 10 amide bonds. The number of esters is 1. The van der Waals surface area contributed by atoms with Gasteiger partial charge in [-0.1, -0.05) is 133 Å². The molecule has 494 valence electrons. The number of amides is 10. The fraction of sp³-hybridized carbons (Fsp3) is 0.344. The summed E-state index contributed by atoms with van der Waals surface area (Å²) in [6, 6.07) is 33.7. The van der Waals surface area contributed by atoms with E-state index in [1.165, 1.54) is 38.1 Å². The van der Waals surface area contributed by atoms with Crippen LogP contribution in [0.4, 0.5) is 9.59 Å². The molecular weight excluding hydrogens is 1220 g/mol. The van der Waals surface area contributed by atoms with Gasteiger partial charge in [-0.2, -0.15) is 7.11 Å². The zero-order valence-electron chi connectivity index (χ0n) is 53.3. The van der Waals surface area contributed by atoms with Crippen molar-refractivity contribution in [2.75, 3.05) is 7.11 Å². The molecule has 93 heavy (non-hydrogen) atoms. The fourth-order valence-corrected chi connectivity index (χ4v) is 7.78. The molecule has 5 aromatic carbocycles. The second-order valence-corrected chi connectivity index (χ2v) is 22.2. The van der Waals surface area contributed by atoms with Crippen LogP contribution in [0.25, 0.3) is 0 Å². The zero-order valence-corrected chi connectivity index (χ0v) is 55.3. The third-order valence-electron chi connectivity index (χ3n) is 12.2. The SMILES string of the molecule is C[C@H](NC(=O)[C@H](Cc1ccccc1)NC(=O)OC(C)(C)C)C(=O)NNC(=O)[C@H](Cc1ccccc1)NC(=O)C(=O)O.C[C@H](NC(=O)[C@H](Cc1ccccc1)NC(=O)OC(C)(C)C)C(=O)NNC(=O)[C@H](Cc1ccccc1)NC(=O)C(=O)OCc1ccc(O)cc1.C[O-].[Na+]. The molecule has 5 aromatic rings. The van der Waals surface area contributed by atoms with Gasteiger partial charge in [0.1, 0.15) is 59.8 Å². The number of carbonyl (C=O) groups is 12. The second kappa shape index (κ2) is 40.1. The normalized spacial score (nSPS) is 12.5. The zero-order chi connectivity index (χ0) is 68.6. The van der Waals surface area contributed by atoms with Crippen molar-refractivity contribution in [1.82, 2.24) is 53.6 Å². The van der Waals surface area contributed by atoms with Crippen LogP contribution in [-0.4, -0.2) is 136 Å². The predicted molar refractivity (Wildman–Crippen MR) is 330 cm³/mol. The molecule has 0 heterocycles. The first-order valence-electron chi connectivity index (χ1n) is 28.6. The summed E-state index contributed by atoms with van der Waals surface area (Å²) in [6.45, 7) is 12.6. The summed E-state index contributed by atoms with van der Waals surface area (Å²) in [5.74, 6) is -10.3. The van der Waals surface area contributed by atoms with E-state index in [0.29, 0.717) is 16.7 Å². The Morgan fingerprint density at radius 1 is 0.398 bits per heavy atom. The second-order valence-electron chi connectivity index (χ2n) is 22.2. The average molecular weight is 1300 g/mol. The van der Waals surface area contributed by atoms with Crippen molar-refractivity contribution < 1.29 is 117 Å². The number of ether oxygens (including phenoxy) is 3. The summed E-state index contributed by atoms with van der Waals surface area (Å²) in [6.07, 6.45) is -1.50. The molecule has 29 heteroatoms. The van der Waals surface area contributed by atoms with E-state index in [0.717, 1.165) is 18.2 Å². The molecule has 0 saturated heterocycles. The van der Waals surface area contributed by atoms with Gasteiger partial charge in [0.25, 0.3) is 23.6 Å². The molecule has 0 aliphatic heterocycles. The van der Waals surface area contributed by atoms with Crippen molar-refractivity contribution in [3.8, 4) is 5.75 Å². The van der Waals surface area contributed by atoms with Crippen LogP contribution in [0.3, 0.4) is 0 Å². The Kier molecular flexibility index (Phi) is 34.1. The van der Waals surface area contributed by atoms with Gasteiger partial charge in [-0.15, -0.1) is 0 Å². The molecule has 5 rings (SSSR count). The minimum atomic E-state index is -1.78. The Bertz CT molecular complexity index is 3260. The minimum Gasteiger partial charge on any atom is -0.857 e. The van der Waals surface area contributed by atoms with E-state index in [2.05, 4.69) is 53.6 Å². The van der Waals surface area contributed by atoms with Crippen molar-refractivity contribution in [2.45, 2.75) is 135 Å². The number of rotatable bonds is 22. The summed E-state index contributed by atoms with van der Waals surface area (Å²) in [4.78, 5) is 150. The van der Waals surface area contributed by atoms with Gasteiger partial charge in [-0.3, -0.25) is 60.1 Å². The Morgan fingerprint density at radius 3 is 0.989 bits per heavy atom. The minimum absolute atomic E-state index is 0. The van der Waals surface area contributed by atoms with Gasteiger partial charge in [0.05, 0.1) is 0 Å².